The van der Waals surface area contributed by atoms with Crippen molar-refractivity contribution in [2.45, 2.75) is 57.5 Å². The van der Waals surface area contributed by atoms with Gasteiger partial charge in [0.2, 0.25) is 11.8 Å². The third-order valence-corrected chi connectivity index (χ3v) is 6.72. The molecule has 27 heavy (non-hydrogen) atoms. The summed E-state index contributed by atoms with van der Waals surface area (Å²) in [6.07, 6.45) is 6.22. The minimum Gasteiger partial charge on any atom is -0.349 e. The van der Waals surface area contributed by atoms with E-state index in [-0.39, 0.29) is 42.2 Å². The van der Waals surface area contributed by atoms with Gasteiger partial charge in [0.05, 0.1) is 6.04 Å². The van der Waals surface area contributed by atoms with E-state index in [9.17, 15) is 9.59 Å². The van der Waals surface area contributed by atoms with Crippen LogP contribution in [0.1, 0.15) is 57.1 Å². The number of para-hydroxylation sites is 1. The van der Waals surface area contributed by atoms with E-state index in [4.69, 9.17) is 5.73 Å². The topological polar surface area (TPSA) is 75.4 Å². The molecule has 2 fully saturated rings. The molecule has 3 atom stereocenters. The van der Waals surface area contributed by atoms with Gasteiger partial charge >= 0.3 is 0 Å². The Morgan fingerprint density at radius 3 is 2.44 bits per heavy atom. The number of carbonyl (C=O) groups is 2. The highest BCUT2D eigenvalue weighted by molar-refractivity contribution is 5.93. The largest absolute Gasteiger partial charge is 0.349 e. The number of nitrogens with two attached hydrogens (primary N) is 1. The zero-order chi connectivity index (χ0) is 18.3. The van der Waals surface area contributed by atoms with Crippen LogP contribution in [0.4, 0.5) is 5.69 Å². The first-order valence-corrected chi connectivity index (χ1v) is 9.97. The Balaban J connectivity index is 0.00000210. The van der Waals surface area contributed by atoms with E-state index in [2.05, 4.69) is 5.32 Å². The molecule has 3 N–H and O–H groups in total. The van der Waals surface area contributed by atoms with Crippen molar-refractivity contribution in [1.82, 2.24) is 5.32 Å². The van der Waals surface area contributed by atoms with Crippen molar-refractivity contribution >= 4 is 29.9 Å². The Labute approximate surface area is 167 Å². The summed E-state index contributed by atoms with van der Waals surface area (Å²) >= 11 is 0. The van der Waals surface area contributed by atoms with E-state index in [1.807, 2.05) is 29.2 Å². The Morgan fingerprint density at radius 2 is 1.78 bits per heavy atom. The van der Waals surface area contributed by atoms with E-state index in [0.29, 0.717) is 18.4 Å². The van der Waals surface area contributed by atoms with Crippen LogP contribution in [0.3, 0.4) is 0 Å². The number of rotatable bonds is 2. The van der Waals surface area contributed by atoms with Crippen molar-refractivity contribution in [2.75, 3.05) is 11.4 Å². The van der Waals surface area contributed by atoms with Crippen LogP contribution in [0.2, 0.25) is 0 Å². The molecule has 1 aliphatic heterocycles. The summed E-state index contributed by atoms with van der Waals surface area (Å²) in [7, 11) is 0. The van der Waals surface area contributed by atoms with E-state index < -0.39 is 0 Å². The average molecular weight is 392 g/mol. The highest BCUT2D eigenvalue weighted by atomic mass is 35.5. The van der Waals surface area contributed by atoms with Crippen molar-refractivity contribution in [3.05, 3.63) is 29.8 Å². The van der Waals surface area contributed by atoms with Gasteiger partial charge in [-0.3, -0.25) is 9.59 Å². The highest BCUT2D eigenvalue weighted by Crippen LogP contribution is 2.42. The molecule has 1 aromatic rings. The zero-order valence-corrected chi connectivity index (χ0v) is 16.7. The molecule has 3 unspecified atom stereocenters. The van der Waals surface area contributed by atoms with Gasteiger partial charge in [0.25, 0.3) is 0 Å². The second-order valence-electron chi connectivity index (χ2n) is 8.28. The van der Waals surface area contributed by atoms with Crippen molar-refractivity contribution in [2.24, 2.45) is 23.5 Å². The lowest BCUT2D eigenvalue weighted by Gasteiger charge is -2.44. The van der Waals surface area contributed by atoms with Gasteiger partial charge in [0.15, 0.2) is 0 Å². The minimum absolute atomic E-state index is 0. The highest BCUT2D eigenvalue weighted by Gasteiger charge is 2.41. The molecule has 2 amide bonds. The van der Waals surface area contributed by atoms with Crippen molar-refractivity contribution in [3.8, 4) is 0 Å². The molecular formula is C21H30ClN3O2. The summed E-state index contributed by atoms with van der Waals surface area (Å²) in [4.78, 5) is 26.7. The molecule has 2 saturated carbocycles. The number of nitrogens with zero attached hydrogens (tertiary/aromatic N) is 1. The van der Waals surface area contributed by atoms with Gasteiger partial charge in [-0.1, -0.05) is 24.6 Å². The quantitative estimate of drug-likeness (QED) is 0.812. The fraction of sp³-hybridized carbons (Fsp3) is 0.619. The third kappa shape index (κ3) is 3.85. The van der Waals surface area contributed by atoms with Crippen LogP contribution >= 0.6 is 12.4 Å². The number of benzene rings is 1. The zero-order valence-electron chi connectivity index (χ0n) is 15.9. The Bertz CT molecular complexity index is 696. The van der Waals surface area contributed by atoms with Crippen LogP contribution in [0.5, 0.6) is 0 Å². The van der Waals surface area contributed by atoms with E-state index in [1.165, 1.54) is 19.3 Å². The molecule has 0 saturated heterocycles. The summed E-state index contributed by atoms with van der Waals surface area (Å²) in [6, 6.07) is 8.20. The molecule has 6 heteroatoms. The molecule has 2 bridgehead atoms. The lowest BCUT2D eigenvalue weighted by Crippen LogP contribution is -2.50. The Hall–Kier alpha value is -1.59. The number of hydrogen-bond donors (Lipinski definition) is 2. The fourth-order valence-electron chi connectivity index (χ4n) is 5.33. The van der Waals surface area contributed by atoms with E-state index >= 15 is 0 Å². The minimum atomic E-state index is -0.00950. The molecule has 0 radical (unpaired) electrons. The Morgan fingerprint density at radius 1 is 1.11 bits per heavy atom. The standard InChI is InChI=1S/C21H29N3O2.ClH/c1-13(25)24-10-9-18(17-7-2-3-8-19(17)24)23-21(26)16-11-14-5-4-6-15(12-16)20(14)22;/h2-3,7-8,14-16,18,20H,4-6,9-12,22H2,1H3,(H,23,26);1H. The molecule has 4 rings (SSSR count). The SMILES string of the molecule is CC(=O)N1CCC(NC(=O)C2CC3CCCC(C2)C3N)c2ccccc21.Cl. The van der Waals surface area contributed by atoms with Crippen molar-refractivity contribution < 1.29 is 9.59 Å². The number of fused-ring (bicyclic) bond motifs is 3. The predicted octanol–water partition coefficient (Wildman–Crippen LogP) is 3.18. The Kier molecular flexibility index (Phi) is 6.11. The van der Waals surface area contributed by atoms with Gasteiger partial charge in [0.1, 0.15) is 0 Å². The summed E-state index contributed by atoms with van der Waals surface area (Å²) in [6.45, 7) is 2.25. The first-order chi connectivity index (χ1) is 12.5. The van der Waals surface area contributed by atoms with Crippen molar-refractivity contribution in [1.29, 1.82) is 0 Å². The smallest absolute Gasteiger partial charge is 0.223 e. The normalized spacial score (nSPS) is 32.1. The van der Waals surface area contributed by atoms with Gasteiger partial charge in [-0.15, -0.1) is 12.4 Å². The van der Waals surface area contributed by atoms with Crippen LogP contribution in [0.15, 0.2) is 24.3 Å². The van der Waals surface area contributed by atoms with E-state index in [0.717, 1.165) is 30.5 Å². The van der Waals surface area contributed by atoms with Crippen LogP contribution in [-0.2, 0) is 9.59 Å². The molecule has 2 aliphatic carbocycles. The van der Waals surface area contributed by atoms with Crippen LogP contribution in [-0.4, -0.2) is 24.4 Å². The molecule has 0 spiro atoms. The molecule has 148 valence electrons. The van der Waals surface area contributed by atoms with Crippen LogP contribution in [0.25, 0.3) is 0 Å². The summed E-state index contributed by atoms with van der Waals surface area (Å²) in [5.41, 5.74) is 8.35. The fourth-order valence-corrected chi connectivity index (χ4v) is 5.33. The van der Waals surface area contributed by atoms with Gasteiger partial charge in [0, 0.05) is 31.1 Å². The molecule has 1 aromatic carbocycles. The maximum Gasteiger partial charge on any atom is 0.223 e. The number of anilines is 1. The summed E-state index contributed by atoms with van der Waals surface area (Å²) in [5, 5.41) is 3.29. The maximum absolute atomic E-state index is 13.0. The molecule has 1 heterocycles. The monoisotopic (exact) mass is 391 g/mol. The average Bonchev–Trinajstić information content (AvgIpc) is 2.61. The second kappa shape index (κ2) is 8.19. The number of halogens is 1. The number of hydrogen-bond acceptors (Lipinski definition) is 3. The summed E-state index contributed by atoms with van der Waals surface area (Å²) in [5.74, 6) is 1.32. The van der Waals surface area contributed by atoms with Crippen LogP contribution < -0.4 is 16.0 Å². The van der Waals surface area contributed by atoms with Gasteiger partial charge in [-0.05, 0) is 55.6 Å². The number of amides is 2. The van der Waals surface area contributed by atoms with Gasteiger partial charge in [-0.25, -0.2) is 0 Å². The van der Waals surface area contributed by atoms with Gasteiger partial charge < -0.3 is 16.0 Å². The van der Waals surface area contributed by atoms with Crippen molar-refractivity contribution in [3.63, 3.8) is 0 Å². The second-order valence-corrected chi connectivity index (χ2v) is 8.28. The number of nitrogens with one attached hydrogen (secondary N) is 1. The van der Waals surface area contributed by atoms with Crippen LogP contribution in [0, 0.1) is 17.8 Å². The molecular weight excluding hydrogens is 362 g/mol. The molecule has 5 nitrogen and oxygen atoms in total. The first-order valence-electron chi connectivity index (χ1n) is 9.97. The third-order valence-electron chi connectivity index (χ3n) is 6.72. The first kappa shape index (κ1) is 20.2. The lowest BCUT2D eigenvalue weighted by molar-refractivity contribution is -0.128. The maximum atomic E-state index is 13.0. The molecule has 3 aliphatic rings. The summed E-state index contributed by atoms with van der Waals surface area (Å²) < 4.78 is 0. The van der Waals surface area contributed by atoms with Gasteiger partial charge in [-0.2, -0.15) is 0 Å². The van der Waals surface area contributed by atoms with E-state index in [1.54, 1.807) is 6.92 Å². The lowest BCUT2D eigenvalue weighted by atomic mass is 9.65. The number of carbonyl (C=O) groups excluding carboxylic acids is 2. The predicted molar refractivity (Wildman–Crippen MR) is 109 cm³/mol. The molecule has 0 aromatic heterocycles.